The number of halogens is 1. The minimum atomic E-state index is 0.855. The summed E-state index contributed by atoms with van der Waals surface area (Å²) in [5.74, 6) is 0. The highest BCUT2D eigenvalue weighted by atomic mass is 79.9. The summed E-state index contributed by atoms with van der Waals surface area (Å²) in [6, 6.07) is 156. The fourth-order valence-corrected chi connectivity index (χ4v) is 18.0. The average molecular weight is 1590 g/mol. The summed E-state index contributed by atoms with van der Waals surface area (Å²) >= 11 is 3.54. The summed E-state index contributed by atoms with van der Waals surface area (Å²) < 4.78 is 18.5. The maximum atomic E-state index is 6.65. The maximum Gasteiger partial charge on any atom is 0.137 e. The zero-order valence-electron chi connectivity index (χ0n) is 64.6. The molecule has 119 heavy (non-hydrogen) atoms. The number of anilines is 5. The van der Waals surface area contributed by atoms with E-state index < -0.39 is 0 Å². The highest BCUT2D eigenvalue weighted by Crippen LogP contribution is 2.45. The number of aromatic nitrogens is 2. The maximum absolute atomic E-state index is 6.65. The van der Waals surface area contributed by atoms with Gasteiger partial charge in [0.2, 0.25) is 0 Å². The number of furan rings is 2. The fourth-order valence-electron chi connectivity index (χ4n) is 17.7. The Labute approximate surface area is 695 Å². The third-order valence-corrected chi connectivity index (χ3v) is 23.9. The van der Waals surface area contributed by atoms with Crippen molar-refractivity contribution in [3.8, 4) is 55.9 Å². The highest BCUT2D eigenvalue weighted by molar-refractivity contribution is 9.10. The molecule has 24 rings (SSSR count). The molecular formula is C112H73BrN4O2. The molecule has 4 aromatic heterocycles. The van der Waals surface area contributed by atoms with Crippen molar-refractivity contribution in [2.45, 2.75) is 0 Å². The molecule has 7 heteroatoms. The summed E-state index contributed by atoms with van der Waals surface area (Å²) in [6.07, 6.45) is 0. The summed E-state index contributed by atoms with van der Waals surface area (Å²) in [5.41, 5.74) is 25.7. The first-order valence-electron chi connectivity index (χ1n) is 40.3. The predicted octanol–water partition coefficient (Wildman–Crippen LogP) is 32.3. The Morgan fingerprint density at radius 2 is 0.555 bits per heavy atom. The highest BCUT2D eigenvalue weighted by Gasteiger charge is 2.21. The first-order valence-corrected chi connectivity index (χ1v) is 41.1. The molecule has 0 bridgehead atoms. The molecular weight excluding hydrogens is 1510 g/mol. The second kappa shape index (κ2) is 29.8. The van der Waals surface area contributed by atoms with E-state index in [1.165, 1.54) is 131 Å². The molecule has 0 saturated carbocycles. The Morgan fingerprint density at radius 1 is 0.202 bits per heavy atom. The first-order chi connectivity index (χ1) is 58.9. The molecule has 0 radical (unpaired) electrons. The van der Waals surface area contributed by atoms with Crippen LogP contribution in [0.1, 0.15) is 0 Å². The van der Waals surface area contributed by atoms with Crippen LogP contribution in [-0.2, 0) is 0 Å². The van der Waals surface area contributed by atoms with Crippen LogP contribution in [0.3, 0.4) is 0 Å². The molecule has 0 saturated heterocycles. The molecule has 0 aliphatic carbocycles. The summed E-state index contributed by atoms with van der Waals surface area (Å²) in [5, 5.41) is 23.1. The normalized spacial score (nSPS) is 11.6. The molecule has 560 valence electrons. The Bertz CT molecular complexity index is 8010. The van der Waals surface area contributed by atoms with Crippen LogP contribution in [-0.4, -0.2) is 9.13 Å². The predicted molar refractivity (Wildman–Crippen MR) is 506 cm³/mol. The van der Waals surface area contributed by atoms with E-state index in [2.05, 4.69) is 460 Å². The second-order valence-electron chi connectivity index (χ2n) is 30.5. The molecule has 20 aromatic carbocycles. The Hall–Kier alpha value is -15.3. The topological polar surface area (TPSA) is 51.4 Å². The molecule has 4 heterocycles. The van der Waals surface area contributed by atoms with E-state index in [9.17, 15) is 0 Å². The zero-order chi connectivity index (χ0) is 78.9. The molecule has 0 fully saturated rings. The molecule has 24 aromatic rings. The quantitative estimate of drug-likeness (QED) is 0.131. The third-order valence-electron chi connectivity index (χ3n) is 23.4. The largest absolute Gasteiger partial charge is 0.456 e. The van der Waals surface area contributed by atoms with Crippen LogP contribution in [0.25, 0.3) is 186 Å². The lowest BCUT2D eigenvalue weighted by atomic mass is 10.00. The molecule has 0 spiro atoms. The van der Waals surface area contributed by atoms with E-state index in [-0.39, 0.29) is 0 Å². The van der Waals surface area contributed by atoms with Crippen LogP contribution in [0.2, 0.25) is 0 Å². The molecule has 0 aliphatic heterocycles. The van der Waals surface area contributed by atoms with Crippen molar-refractivity contribution in [3.63, 3.8) is 0 Å². The van der Waals surface area contributed by atoms with Gasteiger partial charge in [-0.1, -0.05) is 283 Å². The summed E-state index contributed by atoms with van der Waals surface area (Å²) in [4.78, 5) is 2.34. The van der Waals surface area contributed by atoms with Crippen molar-refractivity contribution in [1.29, 1.82) is 0 Å². The number of rotatable bonds is 11. The van der Waals surface area contributed by atoms with Gasteiger partial charge >= 0.3 is 0 Å². The molecule has 0 amide bonds. The van der Waals surface area contributed by atoms with Crippen LogP contribution >= 0.6 is 15.9 Å². The van der Waals surface area contributed by atoms with Crippen molar-refractivity contribution in [2.75, 3.05) is 10.2 Å². The molecule has 0 atom stereocenters. The van der Waals surface area contributed by atoms with Gasteiger partial charge in [-0.3, -0.25) is 0 Å². The Kier molecular flexibility index (Phi) is 17.6. The lowest BCUT2D eigenvalue weighted by molar-refractivity contribution is 0.668. The van der Waals surface area contributed by atoms with Gasteiger partial charge in [0.25, 0.3) is 0 Å². The standard InChI is InChI=1S/C56H36N2O.C30H18BrNO.C26H19N/c1-3-11-37(12-4-1)38-21-25-44(26-22-38)57(45-27-29-48-42(33-45)20-19-39-13-7-8-16-47(39)48)46-28-30-50-52-35-41(24-32-55(52)59-56(50)36-46)40-23-31-54-51(34-40)49-17-9-10-18-53(49)58(54)43-14-5-2-6-15-43;31-21-12-13-24-26-17-20(11-15-29(26)33-30(24)18-21)19-10-14-28-25(16-19)23-8-4-5-9-27(23)32(28)22-6-2-1-3-7-22;1-2-6-19(7-3-1)20-12-14-23(15-13-20)27-24-16-17-26-22(18-24)11-10-21-8-4-5-9-25(21)26/h1-36H;1-18H;1-18,27H. The van der Waals surface area contributed by atoms with Gasteiger partial charge in [0.1, 0.15) is 22.3 Å². The van der Waals surface area contributed by atoms with Gasteiger partial charge in [-0.2, -0.15) is 0 Å². The average Bonchev–Trinajstić information content (AvgIpc) is 1.67. The van der Waals surface area contributed by atoms with Gasteiger partial charge in [0.15, 0.2) is 0 Å². The number of benzene rings is 20. The summed E-state index contributed by atoms with van der Waals surface area (Å²) in [7, 11) is 0. The molecule has 6 nitrogen and oxygen atoms in total. The third kappa shape index (κ3) is 13.0. The van der Waals surface area contributed by atoms with Crippen LogP contribution in [0, 0.1) is 0 Å². The smallest absolute Gasteiger partial charge is 0.137 e. The molecule has 0 unspecified atom stereocenters. The minimum Gasteiger partial charge on any atom is -0.456 e. The number of fused-ring (bicyclic) bond motifs is 18. The van der Waals surface area contributed by atoms with Crippen molar-refractivity contribution < 1.29 is 8.83 Å². The lowest BCUT2D eigenvalue weighted by Gasteiger charge is -2.26. The zero-order valence-corrected chi connectivity index (χ0v) is 66.2. The first kappa shape index (κ1) is 70.4. The lowest BCUT2D eigenvalue weighted by Crippen LogP contribution is -2.09. The van der Waals surface area contributed by atoms with Crippen LogP contribution in [0.4, 0.5) is 28.4 Å². The van der Waals surface area contributed by atoms with Gasteiger partial charge in [-0.25, -0.2) is 0 Å². The van der Waals surface area contributed by atoms with Gasteiger partial charge in [0, 0.05) is 93.4 Å². The van der Waals surface area contributed by atoms with Gasteiger partial charge in [-0.15, -0.1) is 0 Å². The molecule has 1 N–H and O–H groups in total. The van der Waals surface area contributed by atoms with Crippen molar-refractivity contribution in [3.05, 3.63) is 441 Å². The number of hydrogen-bond acceptors (Lipinski definition) is 4. The number of hydrogen-bond donors (Lipinski definition) is 1. The second-order valence-corrected chi connectivity index (χ2v) is 31.4. The summed E-state index contributed by atoms with van der Waals surface area (Å²) in [6.45, 7) is 0. The van der Waals surface area contributed by atoms with E-state index in [0.29, 0.717) is 0 Å². The number of nitrogens with zero attached hydrogens (tertiary/aromatic N) is 3. The molecule has 0 aliphatic rings. The van der Waals surface area contributed by atoms with Gasteiger partial charge in [-0.05, 0) is 251 Å². The van der Waals surface area contributed by atoms with E-state index in [0.717, 1.165) is 88.0 Å². The van der Waals surface area contributed by atoms with Crippen molar-refractivity contribution >= 4 is 175 Å². The van der Waals surface area contributed by atoms with Crippen LogP contribution in [0.5, 0.6) is 0 Å². The monoisotopic (exact) mass is 1580 g/mol. The van der Waals surface area contributed by atoms with Crippen molar-refractivity contribution in [2.24, 2.45) is 0 Å². The van der Waals surface area contributed by atoms with E-state index in [1.54, 1.807) is 0 Å². The van der Waals surface area contributed by atoms with Crippen LogP contribution in [0.15, 0.2) is 450 Å². The minimum absolute atomic E-state index is 0.855. The number of para-hydroxylation sites is 4. The SMILES string of the molecule is Brc1ccc2c(c1)oc1ccc(-c3ccc4c(c3)c3ccccc3n4-c3ccccc3)cc12.c1ccc(-c2ccc(N(c3ccc4c(ccc5ccccc54)c3)c3ccc4c(c3)oc3ccc(-c5ccc6c(c5)c5ccccc5n6-c5ccccc5)cc34)cc2)cc1.c1ccc(-c2ccc(Nc3ccc4c(ccc5ccccc54)c3)cc2)cc1. The fraction of sp³-hybridized carbons (Fsp3) is 0. The Morgan fingerprint density at radius 3 is 1.08 bits per heavy atom. The van der Waals surface area contributed by atoms with Crippen LogP contribution < -0.4 is 10.2 Å². The van der Waals surface area contributed by atoms with Crippen molar-refractivity contribution in [1.82, 2.24) is 9.13 Å². The van der Waals surface area contributed by atoms with E-state index >= 15 is 0 Å². The number of nitrogens with one attached hydrogen (secondary N) is 1. The van der Waals surface area contributed by atoms with Gasteiger partial charge in [0.05, 0.1) is 22.1 Å². The van der Waals surface area contributed by atoms with E-state index in [1.807, 2.05) is 12.1 Å². The van der Waals surface area contributed by atoms with Gasteiger partial charge < -0.3 is 28.2 Å². The van der Waals surface area contributed by atoms with E-state index in [4.69, 9.17) is 8.83 Å². The Balaban J connectivity index is 0.000000119.